The zero-order chi connectivity index (χ0) is 28.8. The van der Waals surface area contributed by atoms with Crippen molar-refractivity contribution in [1.82, 2.24) is 0 Å². The fraction of sp³-hybridized carbons (Fsp3) is 0.812. The van der Waals surface area contributed by atoms with Gasteiger partial charge in [-0.15, -0.1) is 0 Å². The van der Waals surface area contributed by atoms with Gasteiger partial charge >= 0.3 is 5.97 Å². The molecule has 0 aromatic rings. The van der Waals surface area contributed by atoms with E-state index in [1.54, 1.807) is 19.1 Å². The van der Waals surface area contributed by atoms with E-state index in [0.29, 0.717) is 18.4 Å². The van der Waals surface area contributed by atoms with E-state index in [1.807, 2.05) is 20.8 Å². The Balaban J connectivity index is 1.53. The van der Waals surface area contributed by atoms with Crippen molar-refractivity contribution in [2.24, 2.45) is 28.6 Å². The second kappa shape index (κ2) is 11.0. The van der Waals surface area contributed by atoms with Crippen LogP contribution in [0.25, 0.3) is 0 Å². The summed E-state index contributed by atoms with van der Waals surface area (Å²) in [6, 6.07) is 0. The van der Waals surface area contributed by atoms with E-state index >= 15 is 0 Å². The average Bonchev–Trinajstić information content (AvgIpc) is 3.30. The molecule has 0 heterocycles. The first kappa shape index (κ1) is 30.4. The Kier molecular flexibility index (Phi) is 8.61. The third kappa shape index (κ3) is 4.47. The molecule has 8 atom stereocenters. The first-order chi connectivity index (χ1) is 18.4. The maximum atomic E-state index is 14.4. The molecule has 4 N–H and O–H groups in total. The van der Waals surface area contributed by atoms with Gasteiger partial charge in [-0.25, -0.2) is 0 Å². The molecule has 0 aromatic carbocycles. The van der Waals surface area contributed by atoms with E-state index in [1.165, 1.54) is 38.5 Å². The molecule has 4 rings (SSSR count). The Bertz CT molecular complexity index is 1010. The summed E-state index contributed by atoms with van der Waals surface area (Å²) in [6.07, 6.45) is 11.2. The van der Waals surface area contributed by atoms with Crippen LogP contribution in [0.4, 0.5) is 0 Å². The third-order valence-electron chi connectivity index (χ3n) is 10.8. The summed E-state index contributed by atoms with van der Waals surface area (Å²) >= 11 is 0. The van der Waals surface area contributed by atoms with Crippen molar-refractivity contribution in [2.45, 2.75) is 129 Å². The van der Waals surface area contributed by atoms with Crippen molar-refractivity contribution in [3.63, 3.8) is 0 Å². The molecule has 7 heteroatoms. The van der Waals surface area contributed by atoms with Crippen LogP contribution in [0.5, 0.6) is 0 Å². The minimum atomic E-state index is -2.21. The third-order valence-corrected chi connectivity index (χ3v) is 10.8. The Morgan fingerprint density at radius 2 is 1.62 bits per heavy atom. The Hall–Kier alpha value is -1.54. The van der Waals surface area contributed by atoms with Gasteiger partial charge in [0.25, 0.3) is 0 Å². The van der Waals surface area contributed by atoms with Gasteiger partial charge in [-0.05, 0) is 36.8 Å². The second-order valence-electron chi connectivity index (χ2n) is 13.4. The van der Waals surface area contributed by atoms with Crippen molar-refractivity contribution in [3.8, 4) is 0 Å². The summed E-state index contributed by atoms with van der Waals surface area (Å²) in [7, 11) is 0. The lowest BCUT2D eigenvalue weighted by atomic mass is 9.59. The van der Waals surface area contributed by atoms with Crippen LogP contribution >= 0.6 is 0 Å². The second-order valence-corrected chi connectivity index (χ2v) is 13.4. The summed E-state index contributed by atoms with van der Waals surface area (Å²) in [5.74, 6) is -2.21. The van der Waals surface area contributed by atoms with Gasteiger partial charge in [-0.3, -0.25) is 9.59 Å². The van der Waals surface area contributed by atoms with Gasteiger partial charge in [0.1, 0.15) is 23.4 Å². The molecule has 0 unspecified atom stereocenters. The largest absolute Gasteiger partial charge is 0.458 e. The molecule has 0 saturated heterocycles. The van der Waals surface area contributed by atoms with Crippen LogP contribution in [0.15, 0.2) is 23.3 Å². The number of ketones is 1. The number of rotatable bonds is 12. The number of carbonyl (C=O) groups excluding carboxylic acids is 2. The molecule has 7 nitrogen and oxygen atoms in total. The van der Waals surface area contributed by atoms with Crippen LogP contribution in [0, 0.1) is 28.6 Å². The normalized spacial score (nSPS) is 40.1. The lowest BCUT2D eigenvalue weighted by molar-refractivity contribution is -0.191. The van der Waals surface area contributed by atoms with Crippen LogP contribution in [-0.2, 0) is 14.3 Å². The number of Topliss-reactive ketones (excluding diaryl/α,β-unsaturated/α-hetero) is 1. The van der Waals surface area contributed by atoms with E-state index in [4.69, 9.17) is 4.74 Å². The fourth-order valence-corrected chi connectivity index (χ4v) is 8.56. The molecule has 1 spiro atoms. The summed E-state index contributed by atoms with van der Waals surface area (Å²) in [4.78, 5) is 27.5. The highest BCUT2D eigenvalue weighted by Gasteiger charge is 2.83. The lowest BCUT2D eigenvalue weighted by Crippen LogP contribution is -2.65. The van der Waals surface area contributed by atoms with Gasteiger partial charge < -0.3 is 25.2 Å². The number of hydrogen-bond donors (Lipinski definition) is 4. The van der Waals surface area contributed by atoms with Crippen molar-refractivity contribution in [2.75, 3.05) is 6.61 Å². The number of fused-ring (bicyclic) bond motifs is 3. The minimum absolute atomic E-state index is 0.117. The lowest BCUT2D eigenvalue weighted by Gasteiger charge is -2.48. The van der Waals surface area contributed by atoms with E-state index in [2.05, 4.69) is 6.92 Å². The molecule has 0 amide bonds. The monoisotopic (exact) mass is 546 g/mol. The zero-order valence-corrected chi connectivity index (χ0v) is 24.5. The summed E-state index contributed by atoms with van der Waals surface area (Å²) in [5, 5.41) is 44.5. The van der Waals surface area contributed by atoms with E-state index in [9.17, 15) is 30.0 Å². The van der Waals surface area contributed by atoms with Gasteiger partial charge in [-0.2, -0.15) is 0 Å². The topological polar surface area (TPSA) is 124 Å². The van der Waals surface area contributed by atoms with Crippen molar-refractivity contribution < 1.29 is 34.8 Å². The first-order valence-electron chi connectivity index (χ1n) is 15.2. The molecular formula is C32H50O7. The van der Waals surface area contributed by atoms with E-state index in [-0.39, 0.29) is 23.2 Å². The van der Waals surface area contributed by atoms with E-state index in [0.717, 1.165) is 19.3 Å². The molecule has 0 radical (unpaired) electrons. The number of esters is 1. The highest BCUT2D eigenvalue weighted by atomic mass is 16.6. The quantitative estimate of drug-likeness (QED) is 0.162. The zero-order valence-electron chi connectivity index (χ0n) is 24.5. The molecule has 4 aliphatic carbocycles. The van der Waals surface area contributed by atoms with Gasteiger partial charge in [0.15, 0.2) is 5.78 Å². The maximum Gasteiger partial charge on any atom is 0.306 e. The van der Waals surface area contributed by atoms with Gasteiger partial charge in [0.05, 0.1) is 12.0 Å². The highest BCUT2D eigenvalue weighted by molar-refractivity contribution is 5.95. The van der Waals surface area contributed by atoms with Crippen LogP contribution < -0.4 is 0 Å². The van der Waals surface area contributed by atoms with Crippen molar-refractivity contribution in [1.29, 1.82) is 0 Å². The minimum Gasteiger partial charge on any atom is -0.458 e. The predicted octanol–water partition coefficient (Wildman–Crippen LogP) is 4.40. The SMILES string of the molecule is CCCCCCCCCCCC(=O)O[C@]12C[C@@H](C)[C@@]34C=C(C)[C@H](O)[C@@]3(O)[C@H](O)C(CO)=C[C@@H](C4=O)[C@@H]1C2(C)C. The average molecular weight is 547 g/mol. The fourth-order valence-electron chi connectivity index (χ4n) is 8.56. The summed E-state index contributed by atoms with van der Waals surface area (Å²) < 4.78 is 6.31. The van der Waals surface area contributed by atoms with Gasteiger partial charge in [0.2, 0.25) is 0 Å². The Morgan fingerprint density at radius 3 is 2.21 bits per heavy atom. The van der Waals surface area contributed by atoms with Crippen molar-refractivity contribution in [3.05, 3.63) is 23.3 Å². The molecule has 2 bridgehead atoms. The van der Waals surface area contributed by atoms with Gasteiger partial charge in [-0.1, -0.05) is 91.2 Å². The predicted molar refractivity (Wildman–Crippen MR) is 149 cm³/mol. The number of allylic oxidation sites excluding steroid dienone is 1. The number of carbonyl (C=O) groups is 2. The first-order valence-corrected chi connectivity index (χ1v) is 15.2. The molecule has 2 saturated carbocycles. The molecular weight excluding hydrogens is 496 g/mol. The Morgan fingerprint density at radius 1 is 1.03 bits per heavy atom. The summed E-state index contributed by atoms with van der Waals surface area (Å²) in [5.41, 5.74) is -4.64. The number of aliphatic hydroxyl groups is 4. The number of aliphatic hydroxyl groups excluding tert-OH is 3. The van der Waals surface area contributed by atoms with Gasteiger partial charge in [0, 0.05) is 23.7 Å². The van der Waals surface area contributed by atoms with Crippen LogP contribution in [0.3, 0.4) is 0 Å². The highest BCUT2D eigenvalue weighted by Crippen LogP contribution is 2.75. The number of ether oxygens (including phenoxy) is 1. The van der Waals surface area contributed by atoms with Crippen LogP contribution in [0.2, 0.25) is 0 Å². The summed E-state index contributed by atoms with van der Waals surface area (Å²) in [6.45, 7) is 9.16. The molecule has 0 aromatic heterocycles. The van der Waals surface area contributed by atoms with E-state index < -0.39 is 52.7 Å². The molecule has 0 aliphatic heterocycles. The molecule has 220 valence electrons. The number of hydrogen-bond acceptors (Lipinski definition) is 7. The van der Waals surface area contributed by atoms with Crippen molar-refractivity contribution >= 4 is 11.8 Å². The molecule has 39 heavy (non-hydrogen) atoms. The molecule has 4 aliphatic rings. The Labute approximate surface area is 233 Å². The van der Waals surface area contributed by atoms with Crippen LogP contribution in [0.1, 0.15) is 105 Å². The smallest absolute Gasteiger partial charge is 0.306 e. The van der Waals surface area contributed by atoms with Crippen LogP contribution in [-0.4, -0.2) is 62.2 Å². The number of unbranched alkanes of at least 4 members (excludes halogenated alkanes) is 8. The molecule has 2 fully saturated rings. The maximum absolute atomic E-state index is 14.4. The standard InChI is InChI=1S/C32H50O7/c1-6-7-8-9-10-11-12-13-14-15-24(34)39-31-18-21(3)30-17-20(2)26(35)32(30,38)27(36)22(19-33)16-23(28(30)37)25(31)29(31,4)5/h16-17,21,23,25-27,33,35-36,38H,6-15,18-19H2,1-5H3/t21-,23-,25-,26+,27-,30-,31-,32-/m1/s1.